The summed E-state index contributed by atoms with van der Waals surface area (Å²) in [4.78, 5) is 13.1. The molecule has 0 saturated carbocycles. The van der Waals surface area contributed by atoms with Crippen molar-refractivity contribution in [3.63, 3.8) is 0 Å². The first-order valence-electron chi connectivity index (χ1n) is 7.87. The lowest BCUT2D eigenvalue weighted by molar-refractivity contribution is 0.334. The predicted octanol–water partition coefficient (Wildman–Crippen LogP) is 2.40. The van der Waals surface area contributed by atoms with Crippen LogP contribution < -0.4 is 10.7 Å². The Labute approximate surface area is 142 Å². The lowest BCUT2D eigenvalue weighted by atomic mass is 10.2. The number of imidazole rings is 1. The normalized spacial score (nSPS) is 14.8. The molecule has 8 heteroatoms. The zero-order valence-corrected chi connectivity index (χ0v) is 13.5. The van der Waals surface area contributed by atoms with E-state index in [0.29, 0.717) is 5.82 Å². The minimum Gasteiger partial charge on any atom is -0.443 e. The number of nitrogens with one attached hydrogen (secondary N) is 2. The molecule has 5 rings (SSSR count). The molecule has 0 radical (unpaired) electrons. The molecule has 0 spiro atoms. The summed E-state index contributed by atoms with van der Waals surface area (Å²) in [6, 6.07) is 5.75. The number of aromatic nitrogens is 4. The van der Waals surface area contributed by atoms with Crippen LogP contribution in [0.1, 0.15) is 5.69 Å². The van der Waals surface area contributed by atoms with Gasteiger partial charge in [-0.1, -0.05) is 0 Å². The Bertz CT molecular complexity index is 1110. The van der Waals surface area contributed by atoms with Crippen LogP contribution in [0.5, 0.6) is 0 Å². The largest absolute Gasteiger partial charge is 0.443 e. The molecule has 0 bridgehead atoms. The number of anilines is 2. The van der Waals surface area contributed by atoms with Crippen LogP contribution in [0.25, 0.3) is 22.3 Å². The van der Waals surface area contributed by atoms with Gasteiger partial charge in [0.1, 0.15) is 5.52 Å². The highest BCUT2D eigenvalue weighted by Crippen LogP contribution is 2.25. The average Bonchev–Trinajstić information content (AvgIpc) is 3.33. The van der Waals surface area contributed by atoms with Gasteiger partial charge in [0.05, 0.1) is 11.9 Å². The Morgan fingerprint density at radius 2 is 2.20 bits per heavy atom. The molecular formula is C17H15N7O. The number of benzene rings is 1. The fraction of sp³-hybridized carbons (Fsp3) is 0.118. The number of oxazole rings is 1. The second-order valence-electron chi connectivity index (χ2n) is 5.93. The van der Waals surface area contributed by atoms with Crippen molar-refractivity contribution in [1.82, 2.24) is 29.8 Å². The Morgan fingerprint density at radius 3 is 3.08 bits per heavy atom. The first kappa shape index (κ1) is 14.0. The highest BCUT2D eigenvalue weighted by atomic mass is 16.3. The Balaban J connectivity index is 1.54. The second kappa shape index (κ2) is 5.32. The van der Waals surface area contributed by atoms with E-state index in [0.717, 1.165) is 34.7 Å². The lowest BCUT2D eigenvalue weighted by Crippen LogP contribution is -2.24. The van der Waals surface area contributed by atoms with Gasteiger partial charge in [0.15, 0.2) is 23.4 Å². The number of hydrazine groups is 1. The van der Waals surface area contributed by atoms with Gasteiger partial charge < -0.3 is 15.2 Å². The summed E-state index contributed by atoms with van der Waals surface area (Å²) in [6.07, 6.45) is 8.99. The topological polar surface area (TPSA) is 83.5 Å². The summed E-state index contributed by atoms with van der Waals surface area (Å²) in [6.45, 7) is 0.820. The number of likely N-dealkylation sites (N-methyl/N-ethyl adjacent to an activating group) is 1. The van der Waals surface area contributed by atoms with Crippen LogP contribution in [-0.4, -0.2) is 38.0 Å². The maximum atomic E-state index is 5.35. The summed E-state index contributed by atoms with van der Waals surface area (Å²) in [5.41, 5.74) is 8.59. The van der Waals surface area contributed by atoms with Crippen molar-refractivity contribution in [2.75, 3.05) is 18.9 Å². The van der Waals surface area contributed by atoms with Crippen molar-refractivity contribution in [3.8, 4) is 0 Å². The number of nitrogens with zero attached hydrogens (tertiary/aromatic N) is 5. The summed E-state index contributed by atoms with van der Waals surface area (Å²) >= 11 is 0. The molecule has 0 amide bonds. The smallest absolute Gasteiger partial charge is 0.181 e. The standard InChI is InChI=1S/C17H15N7O/c1-23-9-11(7-21-23)14-8-19-17-16(18-4-5-24(14)17)22-12-2-3-13-15(6-12)25-10-20-13/h2-8,10,21H,9H2,1H3,(H,18,22). The lowest BCUT2D eigenvalue weighted by Gasteiger charge is -2.09. The molecule has 1 aliphatic rings. The molecule has 0 saturated heterocycles. The fourth-order valence-corrected chi connectivity index (χ4v) is 3.00. The quantitative estimate of drug-likeness (QED) is 0.595. The predicted molar refractivity (Wildman–Crippen MR) is 94.0 cm³/mol. The molecule has 25 heavy (non-hydrogen) atoms. The van der Waals surface area contributed by atoms with Gasteiger partial charge >= 0.3 is 0 Å². The van der Waals surface area contributed by atoms with Crippen molar-refractivity contribution < 1.29 is 4.42 Å². The van der Waals surface area contributed by atoms with Gasteiger partial charge in [-0.25, -0.2) is 20.0 Å². The number of fused-ring (bicyclic) bond motifs is 2. The van der Waals surface area contributed by atoms with E-state index in [9.17, 15) is 0 Å². The molecule has 0 fully saturated rings. The molecule has 4 heterocycles. The van der Waals surface area contributed by atoms with E-state index in [-0.39, 0.29) is 0 Å². The van der Waals surface area contributed by atoms with E-state index < -0.39 is 0 Å². The number of hydrogen-bond acceptors (Lipinski definition) is 7. The van der Waals surface area contributed by atoms with Crippen LogP contribution in [0.15, 0.2) is 53.8 Å². The van der Waals surface area contributed by atoms with Crippen LogP contribution in [0, 0.1) is 0 Å². The first-order valence-corrected chi connectivity index (χ1v) is 7.87. The van der Waals surface area contributed by atoms with Gasteiger partial charge in [0.25, 0.3) is 0 Å². The SMILES string of the molecule is CN1CC(c2cnc3c(Nc4ccc5ncoc5c4)nccn23)=CN1. The molecule has 124 valence electrons. The molecule has 0 atom stereocenters. The van der Waals surface area contributed by atoms with Gasteiger partial charge in [-0.15, -0.1) is 0 Å². The molecular weight excluding hydrogens is 318 g/mol. The van der Waals surface area contributed by atoms with Gasteiger partial charge in [-0.2, -0.15) is 0 Å². The molecule has 0 aliphatic carbocycles. The molecule has 1 aromatic carbocycles. The van der Waals surface area contributed by atoms with Gasteiger partial charge in [0, 0.05) is 49.5 Å². The van der Waals surface area contributed by atoms with E-state index in [2.05, 4.69) is 25.7 Å². The molecule has 4 aromatic rings. The van der Waals surface area contributed by atoms with Crippen molar-refractivity contribution in [1.29, 1.82) is 0 Å². The third kappa shape index (κ3) is 2.31. The van der Waals surface area contributed by atoms with Crippen LogP contribution in [0.3, 0.4) is 0 Å². The molecule has 8 nitrogen and oxygen atoms in total. The summed E-state index contributed by atoms with van der Waals surface area (Å²) in [7, 11) is 2.00. The van der Waals surface area contributed by atoms with Crippen LogP contribution in [0.2, 0.25) is 0 Å². The minimum atomic E-state index is 0.688. The zero-order chi connectivity index (χ0) is 16.8. The monoisotopic (exact) mass is 333 g/mol. The summed E-state index contributed by atoms with van der Waals surface area (Å²) in [5.74, 6) is 0.688. The van der Waals surface area contributed by atoms with Crippen molar-refractivity contribution in [2.24, 2.45) is 0 Å². The van der Waals surface area contributed by atoms with Crippen LogP contribution in [0.4, 0.5) is 11.5 Å². The fourth-order valence-electron chi connectivity index (χ4n) is 3.00. The van der Waals surface area contributed by atoms with E-state index in [4.69, 9.17) is 4.42 Å². The van der Waals surface area contributed by atoms with Crippen LogP contribution in [-0.2, 0) is 0 Å². The van der Waals surface area contributed by atoms with E-state index >= 15 is 0 Å². The summed E-state index contributed by atoms with van der Waals surface area (Å²) in [5, 5.41) is 5.33. The van der Waals surface area contributed by atoms with E-state index in [1.807, 2.05) is 53.3 Å². The van der Waals surface area contributed by atoms with Gasteiger partial charge in [0.2, 0.25) is 0 Å². The van der Waals surface area contributed by atoms with Crippen molar-refractivity contribution >= 4 is 33.8 Å². The molecule has 3 aromatic heterocycles. The minimum absolute atomic E-state index is 0.688. The number of hydrogen-bond donors (Lipinski definition) is 2. The Kier molecular flexibility index (Phi) is 2.98. The van der Waals surface area contributed by atoms with Crippen molar-refractivity contribution in [2.45, 2.75) is 0 Å². The maximum absolute atomic E-state index is 5.35. The summed E-state index contributed by atoms with van der Waals surface area (Å²) < 4.78 is 7.39. The zero-order valence-electron chi connectivity index (χ0n) is 13.5. The van der Waals surface area contributed by atoms with Crippen LogP contribution >= 0.6 is 0 Å². The average molecular weight is 333 g/mol. The Hall–Kier alpha value is -3.39. The highest BCUT2D eigenvalue weighted by Gasteiger charge is 2.17. The number of rotatable bonds is 3. The van der Waals surface area contributed by atoms with Gasteiger partial charge in [-0.3, -0.25) is 4.40 Å². The third-order valence-electron chi connectivity index (χ3n) is 4.22. The van der Waals surface area contributed by atoms with E-state index in [1.54, 1.807) is 6.20 Å². The first-order chi connectivity index (χ1) is 12.3. The molecule has 0 unspecified atom stereocenters. The molecule has 2 N–H and O–H groups in total. The highest BCUT2D eigenvalue weighted by molar-refractivity contribution is 5.80. The molecule has 1 aliphatic heterocycles. The van der Waals surface area contributed by atoms with E-state index in [1.165, 1.54) is 12.0 Å². The maximum Gasteiger partial charge on any atom is 0.181 e. The second-order valence-corrected chi connectivity index (χ2v) is 5.93. The van der Waals surface area contributed by atoms with Gasteiger partial charge in [-0.05, 0) is 12.1 Å². The third-order valence-corrected chi connectivity index (χ3v) is 4.22. The van der Waals surface area contributed by atoms with Crippen molar-refractivity contribution in [3.05, 3.63) is 55.1 Å². The Morgan fingerprint density at radius 1 is 1.24 bits per heavy atom.